The molecule has 7 nitrogen and oxygen atoms in total. The second-order valence-corrected chi connectivity index (χ2v) is 11.3. The molecule has 0 amide bonds. The molecule has 0 atom stereocenters. The summed E-state index contributed by atoms with van der Waals surface area (Å²) in [6, 6.07) is 20.8. The molecule has 220 valence electrons. The van der Waals surface area contributed by atoms with Crippen LogP contribution in [0.4, 0.5) is 0 Å². The third-order valence-electron chi connectivity index (χ3n) is 7.70. The number of aryl methyl sites for hydroxylation is 3. The fraction of sp³-hybridized carbons (Fsp3) is 0.353. The van der Waals surface area contributed by atoms with Gasteiger partial charge in [-0.1, -0.05) is 70.5 Å². The van der Waals surface area contributed by atoms with Crippen molar-refractivity contribution in [2.45, 2.75) is 38.1 Å². The first kappa shape index (κ1) is 29.9. The maximum Gasteiger partial charge on any atom is 0.355 e. The monoisotopic (exact) mass is 630 g/mol. The first-order valence-electron chi connectivity index (χ1n) is 14.6. The van der Waals surface area contributed by atoms with Gasteiger partial charge in [-0.15, -0.1) is 0 Å². The molecule has 0 spiro atoms. The van der Waals surface area contributed by atoms with Crippen LogP contribution in [0, 0.1) is 0 Å². The van der Waals surface area contributed by atoms with E-state index in [-0.39, 0.29) is 5.97 Å². The van der Waals surface area contributed by atoms with Crippen LogP contribution in [0.15, 0.2) is 66.9 Å². The zero-order valence-corrected chi connectivity index (χ0v) is 26.5. The van der Waals surface area contributed by atoms with E-state index < -0.39 is 0 Å². The van der Waals surface area contributed by atoms with E-state index in [1.807, 2.05) is 49.1 Å². The molecule has 0 fully saturated rings. The second-order valence-electron chi connectivity index (χ2n) is 10.7. The molecule has 2 heterocycles. The van der Waals surface area contributed by atoms with Crippen LogP contribution in [0.1, 0.15) is 41.5 Å². The Hall–Kier alpha value is -3.62. The van der Waals surface area contributed by atoms with E-state index >= 15 is 0 Å². The maximum atomic E-state index is 13.6. The largest absolute Gasteiger partial charge is 0.493 e. The number of fused-ring (bicyclic) bond motifs is 2. The number of hydrogen-bond acceptors (Lipinski definition) is 5. The molecule has 0 N–H and O–H groups in total. The number of ether oxygens (including phenoxy) is 2. The summed E-state index contributed by atoms with van der Waals surface area (Å²) < 4.78 is 16.0. The molecule has 2 aromatic heterocycles. The van der Waals surface area contributed by atoms with Gasteiger partial charge >= 0.3 is 5.97 Å². The smallest absolute Gasteiger partial charge is 0.355 e. The second kappa shape index (κ2) is 13.6. The highest BCUT2D eigenvalue weighted by molar-refractivity contribution is 9.08. The molecule has 0 aliphatic heterocycles. The Morgan fingerprint density at radius 2 is 1.74 bits per heavy atom. The van der Waals surface area contributed by atoms with E-state index in [0.29, 0.717) is 37.2 Å². The molecule has 0 aliphatic carbocycles. The molecule has 0 unspecified atom stereocenters. The van der Waals surface area contributed by atoms with Crippen molar-refractivity contribution < 1.29 is 14.3 Å². The lowest BCUT2D eigenvalue weighted by Crippen LogP contribution is -2.18. The summed E-state index contributed by atoms with van der Waals surface area (Å²) >= 11 is 3.65. The van der Waals surface area contributed by atoms with Gasteiger partial charge in [0, 0.05) is 40.8 Å². The van der Waals surface area contributed by atoms with Crippen LogP contribution in [0.25, 0.3) is 32.8 Å². The topological polar surface area (TPSA) is 61.5 Å². The highest BCUT2D eigenvalue weighted by atomic mass is 79.9. The lowest BCUT2D eigenvalue weighted by Gasteiger charge is -2.15. The first-order valence-corrected chi connectivity index (χ1v) is 15.7. The average molecular weight is 632 g/mol. The number of para-hydroxylation sites is 1. The minimum absolute atomic E-state index is 0.277. The Morgan fingerprint density at radius 3 is 2.52 bits per heavy atom. The van der Waals surface area contributed by atoms with Crippen molar-refractivity contribution in [3.8, 4) is 16.9 Å². The Labute approximate surface area is 256 Å². The summed E-state index contributed by atoms with van der Waals surface area (Å²) in [6.07, 6.45) is 4.28. The summed E-state index contributed by atoms with van der Waals surface area (Å²) in [6.45, 7) is 4.34. The Kier molecular flexibility index (Phi) is 9.65. The predicted molar refractivity (Wildman–Crippen MR) is 174 cm³/mol. The molecule has 0 saturated carbocycles. The van der Waals surface area contributed by atoms with Gasteiger partial charge in [-0.2, -0.15) is 5.10 Å². The van der Waals surface area contributed by atoms with E-state index in [4.69, 9.17) is 9.47 Å². The van der Waals surface area contributed by atoms with Gasteiger partial charge in [0.15, 0.2) is 0 Å². The molecule has 0 radical (unpaired) electrons. The van der Waals surface area contributed by atoms with Crippen LogP contribution < -0.4 is 4.74 Å². The number of aromatic nitrogens is 3. The van der Waals surface area contributed by atoms with Gasteiger partial charge in [-0.05, 0) is 63.8 Å². The minimum Gasteiger partial charge on any atom is -0.493 e. The normalized spacial score (nSPS) is 11.6. The van der Waals surface area contributed by atoms with Crippen molar-refractivity contribution in [1.82, 2.24) is 19.2 Å². The molecule has 0 saturated heterocycles. The van der Waals surface area contributed by atoms with Crippen molar-refractivity contribution in [3.05, 3.63) is 83.8 Å². The van der Waals surface area contributed by atoms with Gasteiger partial charge in [0.2, 0.25) is 0 Å². The van der Waals surface area contributed by atoms with Crippen LogP contribution in [-0.4, -0.2) is 59.1 Å². The highest BCUT2D eigenvalue weighted by Gasteiger charge is 2.26. The number of carbonyl (C=O) groups excluding carboxylic acids is 1. The van der Waals surface area contributed by atoms with Crippen molar-refractivity contribution in [1.29, 1.82) is 0 Å². The molecule has 5 aromatic rings. The molecule has 0 bridgehead atoms. The van der Waals surface area contributed by atoms with Crippen molar-refractivity contribution in [2.75, 3.05) is 33.9 Å². The molecule has 3 aromatic carbocycles. The average Bonchev–Trinajstić information content (AvgIpc) is 3.52. The Bertz CT molecular complexity index is 1680. The summed E-state index contributed by atoms with van der Waals surface area (Å²) in [7, 11) is 6.11. The molecular weight excluding hydrogens is 592 g/mol. The van der Waals surface area contributed by atoms with Gasteiger partial charge < -0.3 is 18.9 Å². The summed E-state index contributed by atoms with van der Waals surface area (Å²) in [5.41, 5.74) is 5.94. The van der Waals surface area contributed by atoms with E-state index in [0.717, 1.165) is 69.2 Å². The van der Waals surface area contributed by atoms with Crippen LogP contribution in [-0.2, 0) is 30.1 Å². The van der Waals surface area contributed by atoms with Crippen LogP contribution >= 0.6 is 15.9 Å². The van der Waals surface area contributed by atoms with E-state index in [1.165, 1.54) is 0 Å². The summed E-state index contributed by atoms with van der Waals surface area (Å²) in [4.78, 5) is 15.8. The van der Waals surface area contributed by atoms with Crippen molar-refractivity contribution in [3.63, 3.8) is 0 Å². The fourth-order valence-electron chi connectivity index (χ4n) is 5.75. The van der Waals surface area contributed by atoms with Crippen LogP contribution in [0.3, 0.4) is 0 Å². The number of rotatable bonds is 13. The van der Waals surface area contributed by atoms with Crippen LogP contribution in [0.2, 0.25) is 0 Å². The number of carbonyl (C=O) groups is 1. The fourth-order valence-corrected chi connectivity index (χ4v) is 6.42. The SMILES string of the molecule is CCOC(=O)c1c(CCCOc2cccc3ccccc23)c2cccc(-c3cnn(C)c3CBr)c2n1CCCN(C)C. The number of alkyl halides is 1. The Balaban J connectivity index is 1.55. The molecule has 42 heavy (non-hydrogen) atoms. The molecule has 5 rings (SSSR count). The number of benzene rings is 3. The van der Waals surface area contributed by atoms with Gasteiger partial charge in [-0.25, -0.2) is 4.79 Å². The maximum absolute atomic E-state index is 13.6. The highest BCUT2D eigenvalue weighted by Crippen LogP contribution is 2.37. The van der Waals surface area contributed by atoms with Gasteiger partial charge in [0.1, 0.15) is 11.4 Å². The minimum atomic E-state index is -0.277. The van der Waals surface area contributed by atoms with E-state index in [2.05, 4.69) is 81.0 Å². The molecular formula is C34H39BrN4O3. The van der Waals surface area contributed by atoms with E-state index in [9.17, 15) is 4.79 Å². The molecule has 8 heteroatoms. The predicted octanol–water partition coefficient (Wildman–Crippen LogP) is 7.23. The summed E-state index contributed by atoms with van der Waals surface area (Å²) in [5, 5.41) is 8.58. The lowest BCUT2D eigenvalue weighted by atomic mass is 10.00. The third-order valence-corrected chi connectivity index (χ3v) is 8.23. The zero-order valence-electron chi connectivity index (χ0n) is 24.9. The standard InChI is InChI=1S/C34H39BrN4O3/c1-5-41-34(40)33-27(17-10-21-42-31-18-8-13-24-12-6-7-14-25(24)31)26-15-9-16-28(29-23-36-38(4)30(29)22-35)32(26)39(33)20-11-19-37(2)3/h6-9,12-16,18,23H,5,10-11,17,19-22H2,1-4H3. The zero-order chi connectivity index (χ0) is 29.6. The molecule has 0 aliphatic rings. The van der Waals surface area contributed by atoms with Crippen molar-refractivity contribution >= 4 is 43.6 Å². The quantitative estimate of drug-likeness (QED) is 0.0780. The van der Waals surface area contributed by atoms with Crippen molar-refractivity contribution in [2.24, 2.45) is 7.05 Å². The van der Waals surface area contributed by atoms with Gasteiger partial charge in [-0.3, -0.25) is 4.68 Å². The van der Waals surface area contributed by atoms with Gasteiger partial charge in [0.05, 0.1) is 30.6 Å². The van der Waals surface area contributed by atoms with Gasteiger partial charge in [0.25, 0.3) is 0 Å². The number of nitrogens with zero attached hydrogens (tertiary/aromatic N) is 4. The number of halogens is 1. The van der Waals surface area contributed by atoms with E-state index in [1.54, 1.807) is 0 Å². The number of esters is 1. The van der Waals surface area contributed by atoms with Crippen LogP contribution in [0.5, 0.6) is 5.75 Å². The first-order chi connectivity index (χ1) is 20.4. The Morgan fingerprint density at radius 1 is 0.976 bits per heavy atom. The third kappa shape index (κ3) is 6.10. The lowest BCUT2D eigenvalue weighted by molar-refractivity contribution is 0.0512. The number of hydrogen-bond donors (Lipinski definition) is 0. The summed E-state index contributed by atoms with van der Waals surface area (Å²) in [5.74, 6) is 0.604.